The number of nitrogens with one attached hydrogen (secondary N) is 1. The fourth-order valence-corrected chi connectivity index (χ4v) is 2.32. The summed E-state index contributed by atoms with van der Waals surface area (Å²) in [6.45, 7) is 1.84. The molecule has 1 heterocycles. The van der Waals surface area contributed by atoms with Crippen molar-refractivity contribution < 1.29 is 19.1 Å². The number of carboxylic acids is 1. The van der Waals surface area contributed by atoms with E-state index < -0.39 is 17.7 Å². The van der Waals surface area contributed by atoms with Crippen LogP contribution in [0.15, 0.2) is 30.3 Å². The lowest BCUT2D eigenvalue weighted by molar-refractivity contribution is 0.0697. The van der Waals surface area contributed by atoms with Gasteiger partial charge in [0.15, 0.2) is 0 Å². The minimum atomic E-state index is -1.29. The number of aromatic carboxylic acids is 1. The fraction of sp³-hybridized carbons (Fsp3) is 0.0769. The quantitative estimate of drug-likeness (QED) is 0.907. The Morgan fingerprint density at radius 3 is 2.58 bits per heavy atom. The topological polar surface area (TPSA) is 66.4 Å². The molecule has 0 fully saturated rings. The van der Waals surface area contributed by atoms with Gasteiger partial charge in [0.05, 0.1) is 16.1 Å². The standard InChI is InChI=1S/C13H10FNO3S/c1-7-5-6-10(19-7)12(16)15-11-8(13(17)18)3-2-4-9(11)14/h2-6H,1H3,(H,15,16)(H,17,18). The van der Waals surface area contributed by atoms with Crippen LogP contribution in [0.3, 0.4) is 0 Å². The number of halogens is 1. The molecular weight excluding hydrogens is 269 g/mol. The smallest absolute Gasteiger partial charge is 0.337 e. The Balaban J connectivity index is 2.33. The van der Waals surface area contributed by atoms with Crippen LogP contribution < -0.4 is 5.32 Å². The van der Waals surface area contributed by atoms with Gasteiger partial charge in [0.2, 0.25) is 0 Å². The van der Waals surface area contributed by atoms with Crippen LogP contribution in [0.5, 0.6) is 0 Å². The summed E-state index contributed by atoms with van der Waals surface area (Å²) in [5.41, 5.74) is -0.590. The minimum absolute atomic E-state index is 0.276. The lowest BCUT2D eigenvalue weighted by atomic mass is 10.1. The second-order valence-electron chi connectivity index (χ2n) is 3.83. The van der Waals surface area contributed by atoms with Crippen LogP contribution in [0.4, 0.5) is 10.1 Å². The Kier molecular flexibility index (Phi) is 3.62. The molecule has 0 unspecified atom stereocenters. The van der Waals surface area contributed by atoms with Crippen LogP contribution in [0, 0.1) is 12.7 Å². The molecule has 2 aromatic rings. The fourth-order valence-electron chi connectivity index (χ4n) is 1.56. The average molecular weight is 279 g/mol. The van der Waals surface area contributed by atoms with Gasteiger partial charge in [0.25, 0.3) is 5.91 Å². The predicted octanol–water partition coefficient (Wildman–Crippen LogP) is 3.15. The SMILES string of the molecule is Cc1ccc(C(=O)Nc2c(F)cccc2C(=O)O)s1. The van der Waals surface area contributed by atoms with E-state index in [2.05, 4.69) is 5.32 Å². The largest absolute Gasteiger partial charge is 0.478 e. The van der Waals surface area contributed by atoms with Gasteiger partial charge in [0, 0.05) is 4.88 Å². The summed E-state index contributed by atoms with van der Waals surface area (Å²) in [7, 11) is 0. The van der Waals surface area contributed by atoms with E-state index in [-0.39, 0.29) is 11.3 Å². The van der Waals surface area contributed by atoms with Crippen LogP contribution in [0.2, 0.25) is 0 Å². The van der Waals surface area contributed by atoms with Crippen molar-refractivity contribution in [2.45, 2.75) is 6.92 Å². The summed E-state index contributed by atoms with van der Waals surface area (Å²) in [4.78, 5) is 24.2. The number of rotatable bonds is 3. The highest BCUT2D eigenvalue weighted by molar-refractivity contribution is 7.14. The first-order chi connectivity index (χ1) is 8.99. The molecule has 0 spiro atoms. The highest BCUT2D eigenvalue weighted by atomic mass is 32.1. The van der Waals surface area contributed by atoms with Crippen LogP contribution in [-0.4, -0.2) is 17.0 Å². The Labute approximate surface area is 112 Å². The van der Waals surface area contributed by atoms with Crippen molar-refractivity contribution in [3.8, 4) is 0 Å². The number of anilines is 1. The van der Waals surface area contributed by atoms with E-state index in [0.717, 1.165) is 10.9 Å². The first-order valence-electron chi connectivity index (χ1n) is 5.38. The van der Waals surface area contributed by atoms with Crippen molar-refractivity contribution >= 4 is 28.9 Å². The molecule has 0 saturated heterocycles. The van der Waals surface area contributed by atoms with Crippen LogP contribution >= 0.6 is 11.3 Å². The average Bonchev–Trinajstić information content (AvgIpc) is 2.78. The molecule has 6 heteroatoms. The lowest BCUT2D eigenvalue weighted by Gasteiger charge is -2.08. The minimum Gasteiger partial charge on any atom is -0.478 e. The molecule has 1 amide bonds. The molecule has 0 aliphatic carbocycles. The molecule has 2 rings (SSSR count). The number of amides is 1. The summed E-state index contributed by atoms with van der Waals surface area (Å²) in [5, 5.41) is 11.3. The van der Waals surface area contributed by atoms with Crippen molar-refractivity contribution in [2.24, 2.45) is 0 Å². The van der Waals surface area contributed by atoms with Crippen LogP contribution in [-0.2, 0) is 0 Å². The lowest BCUT2D eigenvalue weighted by Crippen LogP contribution is -2.15. The van der Waals surface area contributed by atoms with Crippen molar-refractivity contribution in [1.29, 1.82) is 0 Å². The molecular formula is C13H10FNO3S. The Morgan fingerprint density at radius 1 is 1.26 bits per heavy atom. The summed E-state index contributed by atoms with van der Waals surface area (Å²) in [6, 6.07) is 6.99. The number of aryl methyl sites for hydroxylation is 1. The number of benzene rings is 1. The van der Waals surface area contributed by atoms with Gasteiger partial charge in [-0.3, -0.25) is 4.79 Å². The maximum Gasteiger partial charge on any atom is 0.337 e. The van der Waals surface area contributed by atoms with Crippen molar-refractivity contribution in [2.75, 3.05) is 5.32 Å². The third-order valence-corrected chi connectivity index (χ3v) is 3.45. The first kappa shape index (κ1) is 13.2. The van der Waals surface area contributed by atoms with Gasteiger partial charge in [-0.05, 0) is 31.2 Å². The number of carbonyl (C=O) groups excluding carboxylic acids is 1. The van der Waals surface area contributed by atoms with Crippen LogP contribution in [0.25, 0.3) is 0 Å². The third-order valence-electron chi connectivity index (χ3n) is 2.45. The molecule has 2 N–H and O–H groups in total. The molecule has 0 saturated carbocycles. The van der Waals surface area contributed by atoms with Gasteiger partial charge in [-0.15, -0.1) is 11.3 Å². The van der Waals surface area contributed by atoms with E-state index in [9.17, 15) is 14.0 Å². The normalized spacial score (nSPS) is 10.2. The monoisotopic (exact) mass is 279 g/mol. The first-order valence-corrected chi connectivity index (χ1v) is 6.20. The molecule has 19 heavy (non-hydrogen) atoms. The van der Waals surface area contributed by atoms with Gasteiger partial charge >= 0.3 is 5.97 Å². The highest BCUT2D eigenvalue weighted by Gasteiger charge is 2.17. The number of thiophene rings is 1. The Bertz CT molecular complexity index is 651. The maximum absolute atomic E-state index is 13.6. The zero-order chi connectivity index (χ0) is 14.0. The third kappa shape index (κ3) is 2.79. The number of hydrogen-bond donors (Lipinski definition) is 2. The van der Waals surface area contributed by atoms with E-state index in [1.165, 1.54) is 23.5 Å². The molecule has 0 radical (unpaired) electrons. The van der Waals surface area contributed by atoms with E-state index in [4.69, 9.17) is 5.11 Å². The van der Waals surface area contributed by atoms with E-state index in [1.807, 2.05) is 6.92 Å². The molecule has 4 nitrogen and oxygen atoms in total. The molecule has 0 aliphatic rings. The van der Waals surface area contributed by atoms with Gasteiger partial charge in [-0.25, -0.2) is 9.18 Å². The van der Waals surface area contributed by atoms with Gasteiger partial charge in [0.1, 0.15) is 5.82 Å². The molecule has 1 aromatic carbocycles. The maximum atomic E-state index is 13.6. The number of para-hydroxylation sites is 1. The van der Waals surface area contributed by atoms with Crippen molar-refractivity contribution in [3.63, 3.8) is 0 Å². The molecule has 0 bridgehead atoms. The van der Waals surface area contributed by atoms with Crippen molar-refractivity contribution in [3.05, 3.63) is 51.5 Å². The number of carboxylic acid groups (broad SMARTS) is 1. The zero-order valence-corrected chi connectivity index (χ0v) is 10.8. The van der Waals surface area contributed by atoms with E-state index >= 15 is 0 Å². The van der Waals surface area contributed by atoms with E-state index in [1.54, 1.807) is 12.1 Å². The second-order valence-corrected chi connectivity index (χ2v) is 5.12. The summed E-state index contributed by atoms with van der Waals surface area (Å²) in [6.07, 6.45) is 0. The second kappa shape index (κ2) is 5.19. The number of carbonyl (C=O) groups is 2. The predicted molar refractivity (Wildman–Crippen MR) is 70.4 cm³/mol. The molecule has 98 valence electrons. The molecule has 0 aliphatic heterocycles. The van der Waals surface area contributed by atoms with Gasteiger partial charge in [-0.1, -0.05) is 6.07 Å². The molecule has 0 atom stereocenters. The summed E-state index contributed by atoms with van der Waals surface area (Å²) < 4.78 is 13.6. The Hall–Kier alpha value is -2.21. The summed E-state index contributed by atoms with van der Waals surface area (Å²) in [5.74, 6) is -2.59. The molecule has 1 aromatic heterocycles. The van der Waals surface area contributed by atoms with Gasteiger partial charge < -0.3 is 10.4 Å². The highest BCUT2D eigenvalue weighted by Crippen LogP contribution is 2.22. The summed E-state index contributed by atoms with van der Waals surface area (Å²) >= 11 is 1.25. The zero-order valence-electron chi connectivity index (χ0n) is 9.94. The van der Waals surface area contributed by atoms with E-state index in [0.29, 0.717) is 4.88 Å². The van der Waals surface area contributed by atoms with Crippen LogP contribution in [0.1, 0.15) is 24.9 Å². The van der Waals surface area contributed by atoms with Gasteiger partial charge in [-0.2, -0.15) is 0 Å². The number of hydrogen-bond acceptors (Lipinski definition) is 3. The van der Waals surface area contributed by atoms with Crippen molar-refractivity contribution in [1.82, 2.24) is 0 Å². The Morgan fingerprint density at radius 2 is 2.00 bits per heavy atom.